The third-order valence-corrected chi connectivity index (χ3v) is 7.61. The van der Waals surface area contributed by atoms with Crippen LogP contribution in [0.1, 0.15) is 24.8 Å². The van der Waals surface area contributed by atoms with Crippen molar-refractivity contribution in [3.8, 4) is 11.4 Å². The van der Waals surface area contributed by atoms with E-state index in [1.165, 1.54) is 16.8 Å². The number of morpholine rings is 1. The minimum absolute atomic E-state index is 0.155. The Labute approximate surface area is 243 Å². The van der Waals surface area contributed by atoms with Crippen LogP contribution in [0.5, 0.6) is 0 Å². The standard InChI is InChI=1S/C29H35FN8O4/c1-36-27(33-34-35-36)22-5-2-6-24(17-22)31-29(41)32-25(28(40)37-12-14-42-15-13-37)18-26(39)38-11-3-4-21(19-38)16-20-7-9-23(30)10-8-20/h2,5-10,17,21,25H,3-4,11-16,18-19H2,1H3,(H2,31,32,41)/t21-,25-/m0/s1. The largest absolute Gasteiger partial charge is 0.378 e. The lowest BCUT2D eigenvalue weighted by atomic mass is 9.91. The number of aromatic nitrogens is 4. The predicted molar refractivity (Wildman–Crippen MR) is 152 cm³/mol. The zero-order valence-electron chi connectivity index (χ0n) is 23.5. The first-order valence-electron chi connectivity index (χ1n) is 14.1. The molecule has 4 amide bonds. The maximum Gasteiger partial charge on any atom is 0.319 e. The number of hydrogen-bond donors (Lipinski definition) is 2. The van der Waals surface area contributed by atoms with E-state index in [0.29, 0.717) is 56.5 Å². The van der Waals surface area contributed by atoms with Crippen LogP contribution in [0, 0.1) is 11.7 Å². The summed E-state index contributed by atoms with van der Waals surface area (Å²) in [6.45, 7) is 2.73. The Morgan fingerprint density at radius 3 is 2.60 bits per heavy atom. The Kier molecular flexibility index (Phi) is 9.37. The van der Waals surface area contributed by atoms with Gasteiger partial charge in [-0.3, -0.25) is 9.59 Å². The van der Waals surface area contributed by atoms with Crippen molar-refractivity contribution in [1.82, 2.24) is 35.3 Å². The Morgan fingerprint density at radius 2 is 1.86 bits per heavy atom. The number of tetrazole rings is 1. The SMILES string of the molecule is Cn1nnnc1-c1cccc(NC(=O)N[C@@H](CC(=O)N2CCC[C@@H](Cc3ccc(F)cc3)C2)C(=O)N2CCOCC2)c1. The number of hydrogen-bond acceptors (Lipinski definition) is 7. The number of aryl methyl sites for hydroxylation is 1. The first-order chi connectivity index (χ1) is 20.4. The van der Waals surface area contributed by atoms with E-state index >= 15 is 0 Å². The number of carbonyl (C=O) groups excluding carboxylic acids is 3. The molecule has 2 N–H and O–H groups in total. The minimum Gasteiger partial charge on any atom is -0.378 e. The summed E-state index contributed by atoms with van der Waals surface area (Å²) in [7, 11) is 1.72. The van der Waals surface area contributed by atoms with Crippen molar-refractivity contribution in [3.05, 3.63) is 59.9 Å². The molecule has 0 saturated carbocycles. The van der Waals surface area contributed by atoms with Gasteiger partial charge in [-0.25, -0.2) is 13.9 Å². The number of piperidine rings is 1. The fraction of sp³-hybridized carbons (Fsp3) is 0.448. The molecule has 0 unspecified atom stereocenters. The monoisotopic (exact) mass is 578 g/mol. The van der Waals surface area contributed by atoms with Gasteiger partial charge in [0.15, 0.2) is 5.82 Å². The second-order valence-corrected chi connectivity index (χ2v) is 10.7. The lowest BCUT2D eigenvalue weighted by molar-refractivity contribution is -0.142. The Morgan fingerprint density at radius 1 is 1.07 bits per heavy atom. The number of amides is 4. The van der Waals surface area contributed by atoms with Crippen LogP contribution in [0.15, 0.2) is 48.5 Å². The molecule has 0 spiro atoms. The first kappa shape index (κ1) is 29.1. The van der Waals surface area contributed by atoms with Crippen molar-refractivity contribution in [2.75, 3.05) is 44.7 Å². The van der Waals surface area contributed by atoms with Crippen molar-refractivity contribution in [2.24, 2.45) is 13.0 Å². The van der Waals surface area contributed by atoms with E-state index in [2.05, 4.69) is 26.2 Å². The van der Waals surface area contributed by atoms with Crippen LogP contribution in [-0.2, 0) is 27.8 Å². The quantitative estimate of drug-likeness (QED) is 0.419. The van der Waals surface area contributed by atoms with Gasteiger partial charge in [-0.2, -0.15) is 0 Å². The Bertz CT molecular complexity index is 1390. The first-order valence-corrected chi connectivity index (χ1v) is 14.1. The fourth-order valence-corrected chi connectivity index (χ4v) is 5.46. The number of halogens is 1. The molecule has 222 valence electrons. The Hall–Kier alpha value is -4.39. The molecule has 5 rings (SSSR count). The number of urea groups is 1. The van der Waals surface area contributed by atoms with E-state index in [9.17, 15) is 18.8 Å². The summed E-state index contributed by atoms with van der Waals surface area (Å²) in [4.78, 5) is 43.5. The number of carbonyl (C=O) groups is 3. The van der Waals surface area contributed by atoms with Gasteiger partial charge in [0.05, 0.1) is 19.6 Å². The van der Waals surface area contributed by atoms with E-state index in [1.54, 1.807) is 47.2 Å². The van der Waals surface area contributed by atoms with Gasteiger partial charge < -0.3 is 25.2 Å². The smallest absolute Gasteiger partial charge is 0.319 e. The summed E-state index contributed by atoms with van der Waals surface area (Å²) >= 11 is 0. The predicted octanol–water partition coefficient (Wildman–Crippen LogP) is 2.24. The number of ether oxygens (including phenoxy) is 1. The molecule has 12 nitrogen and oxygen atoms in total. The lowest BCUT2D eigenvalue weighted by Crippen LogP contribution is -2.54. The molecule has 2 fully saturated rings. The molecule has 2 saturated heterocycles. The fourth-order valence-electron chi connectivity index (χ4n) is 5.46. The summed E-state index contributed by atoms with van der Waals surface area (Å²) in [5.74, 6) is -0.0243. The molecule has 13 heteroatoms. The second-order valence-electron chi connectivity index (χ2n) is 10.7. The summed E-state index contributed by atoms with van der Waals surface area (Å²) in [5, 5.41) is 17.0. The highest BCUT2D eigenvalue weighted by Gasteiger charge is 2.32. The molecule has 1 aromatic heterocycles. The van der Waals surface area contributed by atoms with Gasteiger partial charge in [0, 0.05) is 44.5 Å². The van der Waals surface area contributed by atoms with Crippen molar-refractivity contribution in [1.29, 1.82) is 0 Å². The van der Waals surface area contributed by atoms with E-state index in [-0.39, 0.29) is 30.0 Å². The molecule has 2 aliphatic heterocycles. The van der Waals surface area contributed by atoms with Crippen LogP contribution in [0.4, 0.5) is 14.9 Å². The topological polar surface area (TPSA) is 135 Å². The average Bonchev–Trinajstić information content (AvgIpc) is 3.44. The summed E-state index contributed by atoms with van der Waals surface area (Å²) in [5.41, 5.74) is 2.21. The Balaban J connectivity index is 1.24. The zero-order valence-corrected chi connectivity index (χ0v) is 23.5. The molecule has 2 aromatic carbocycles. The van der Waals surface area contributed by atoms with Crippen molar-refractivity contribution < 1.29 is 23.5 Å². The summed E-state index contributed by atoms with van der Waals surface area (Å²) in [6.07, 6.45) is 2.38. The molecule has 0 aliphatic carbocycles. The highest BCUT2D eigenvalue weighted by atomic mass is 19.1. The van der Waals surface area contributed by atoms with Crippen LogP contribution >= 0.6 is 0 Å². The van der Waals surface area contributed by atoms with Gasteiger partial charge in [-0.1, -0.05) is 24.3 Å². The normalized spacial score (nSPS) is 17.9. The third-order valence-electron chi connectivity index (χ3n) is 7.61. The summed E-state index contributed by atoms with van der Waals surface area (Å²) in [6, 6.07) is 11.8. The number of benzene rings is 2. The molecule has 3 heterocycles. The van der Waals surface area contributed by atoms with Crippen LogP contribution in [0.25, 0.3) is 11.4 Å². The molecule has 42 heavy (non-hydrogen) atoms. The van der Waals surface area contributed by atoms with Crippen LogP contribution in [-0.4, -0.2) is 93.3 Å². The summed E-state index contributed by atoms with van der Waals surface area (Å²) < 4.78 is 20.2. The molecule has 0 radical (unpaired) electrons. The van der Waals surface area contributed by atoms with Crippen LogP contribution < -0.4 is 10.6 Å². The number of nitrogens with one attached hydrogen (secondary N) is 2. The van der Waals surface area contributed by atoms with E-state index in [0.717, 1.165) is 24.8 Å². The zero-order chi connectivity index (χ0) is 29.5. The van der Waals surface area contributed by atoms with Crippen molar-refractivity contribution in [3.63, 3.8) is 0 Å². The van der Waals surface area contributed by atoms with E-state index < -0.39 is 12.1 Å². The lowest BCUT2D eigenvalue weighted by Gasteiger charge is -2.35. The second kappa shape index (κ2) is 13.5. The number of anilines is 1. The van der Waals surface area contributed by atoms with Gasteiger partial charge >= 0.3 is 6.03 Å². The van der Waals surface area contributed by atoms with Crippen LogP contribution in [0.2, 0.25) is 0 Å². The van der Waals surface area contributed by atoms with Crippen molar-refractivity contribution >= 4 is 23.5 Å². The van der Waals surface area contributed by atoms with Gasteiger partial charge in [-0.15, -0.1) is 5.10 Å². The molecule has 2 atom stereocenters. The maximum absolute atomic E-state index is 13.5. The molecule has 0 bridgehead atoms. The molecule has 3 aromatic rings. The maximum atomic E-state index is 13.5. The number of likely N-dealkylation sites (tertiary alicyclic amines) is 1. The highest BCUT2D eigenvalue weighted by molar-refractivity contribution is 5.96. The van der Waals surface area contributed by atoms with Gasteiger partial charge in [0.25, 0.3) is 0 Å². The number of nitrogens with zero attached hydrogens (tertiary/aromatic N) is 6. The van der Waals surface area contributed by atoms with Gasteiger partial charge in [0.1, 0.15) is 11.9 Å². The van der Waals surface area contributed by atoms with Gasteiger partial charge in [0.2, 0.25) is 11.8 Å². The van der Waals surface area contributed by atoms with E-state index in [4.69, 9.17) is 4.74 Å². The minimum atomic E-state index is -1.04. The third kappa shape index (κ3) is 7.46. The highest BCUT2D eigenvalue weighted by Crippen LogP contribution is 2.23. The molecule has 2 aliphatic rings. The van der Waals surface area contributed by atoms with Crippen molar-refractivity contribution in [2.45, 2.75) is 31.7 Å². The average molecular weight is 579 g/mol. The van der Waals surface area contributed by atoms with Crippen LogP contribution in [0.3, 0.4) is 0 Å². The molecular formula is C29H35FN8O4. The molecular weight excluding hydrogens is 543 g/mol. The van der Waals surface area contributed by atoms with E-state index in [1.807, 2.05) is 6.07 Å². The number of rotatable bonds is 8. The van der Waals surface area contributed by atoms with Gasteiger partial charge in [-0.05, 0) is 65.4 Å².